The van der Waals surface area contributed by atoms with E-state index < -0.39 is 48.8 Å². The van der Waals surface area contributed by atoms with Crippen molar-refractivity contribution in [3.05, 3.63) is 24.3 Å². The highest BCUT2D eigenvalue weighted by Crippen LogP contribution is 2.60. The van der Waals surface area contributed by atoms with Crippen molar-refractivity contribution in [2.24, 2.45) is 0 Å². The number of rotatable bonds is 9. The normalized spacial score (nSPS) is 14.6. The topological polar surface area (TPSA) is 18.5 Å². The summed E-state index contributed by atoms with van der Waals surface area (Å²) in [5.41, 5.74) is 0. The van der Waals surface area contributed by atoms with Crippen LogP contribution in [0.5, 0.6) is 11.5 Å². The number of alkyl halides is 13. The fraction of sp³-hybridized carbons (Fsp3) is 0.600. The monoisotopic (exact) mass is 470 g/mol. The maximum absolute atomic E-state index is 13.5. The Morgan fingerprint density at radius 3 is 1.40 bits per heavy atom. The predicted molar refractivity (Wildman–Crippen MR) is 73.9 cm³/mol. The SMILES string of the molecule is COc1ccc(OCCC(F)(F)C(F)(F)C(F)(F)C(F)(F)C(F)(F)C(F)(F)F)cc1. The standard InChI is InChI=1S/C15H11F13O2/c1-29-8-2-4-9(5-3-8)30-7-6-10(16,17)11(18,19)12(20,21)13(22,23)14(24,25)15(26,27)28/h2-5H,6-7H2,1H3. The van der Waals surface area contributed by atoms with Crippen LogP contribution in [0.3, 0.4) is 0 Å². The van der Waals surface area contributed by atoms with Crippen LogP contribution in [0.1, 0.15) is 6.42 Å². The van der Waals surface area contributed by atoms with Gasteiger partial charge in [0.1, 0.15) is 11.5 Å². The van der Waals surface area contributed by atoms with Crippen molar-refractivity contribution < 1.29 is 66.5 Å². The molecule has 0 N–H and O–H groups in total. The fourth-order valence-electron chi connectivity index (χ4n) is 1.93. The fourth-order valence-corrected chi connectivity index (χ4v) is 1.93. The van der Waals surface area contributed by atoms with E-state index in [9.17, 15) is 57.1 Å². The first-order chi connectivity index (χ1) is 13.3. The van der Waals surface area contributed by atoms with Crippen LogP contribution in [-0.2, 0) is 0 Å². The maximum Gasteiger partial charge on any atom is 0.460 e. The molecule has 0 aliphatic heterocycles. The lowest BCUT2D eigenvalue weighted by Crippen LogP contribution is -2.70. The minimum Gasteiger partial charge on any atom is -0.497 e. The summed E-state index contributed by atoms with van der Waals surface area (Å²) in [6.07, 6.45) is -9.85. The maximum atomic E-state index is 13.5. The Labute approximate surface area is 159 Å². The van der Waals surface area contributed by atoms with E-state index in [1.807, 2.05) is 0 Å². The van der Waals surface area contributed by atoms with Crippen LogP contribution < -0.4 is 9.47 Å². The molecule has 0 aromatic heterocycles. The molecule has 0 spiro atoms. The molecule has 0 aliphatic carbocycles. The van der Waals surface area contributed by atoms with Gasteiger partial charge in [-0.15, -0.1) is 0 Å². The molecule has 0 heterocycles. The van der Waals surface area contributed by atoms with Gasteiger partial charge in [-0.3, -0.25) is 0 Å². The molecule has 0 bridgehead atoms. The highest BCUT2D eigenvalue weighted by atomic mass is 19.4. The third-order valence-electron chi connectivity index (χ3n) is 3.74. The molecular weight excluding hydrogens is 459 g/mol. The highest BCUT2D eigenvalue weighted by Gasteiger charge is 2.90. The molecule has 1 aromatic carbocycles. The van der Waals surface area contributed by atoms with Gasteiger partial charge in [-0.25, -0.2) is 0 Å². The Kier molecular flexibility index (Phi) is 6.81. The van der Waals surface area contributed by atoms with Crippen molar-refractivity contribution in [1.29, 1.82) is 0 Å². The zero-order chi connectivity index (χ0) is 23.8. The average Bonchev–Trinajstić information content (AvgIpc) is 2.60. The molecule has 0 unspecified atom stereocenters. The van der Waals surface area contributed by atoms with Crippen LogP contribution in [0, 0.1) is 0 Å². The van der Waals surface area contributed by atoms with E-state index in [-0.39, 0.29) is 11.5 Å². The minimum absolute atomic E-state index is 0.242. The summed E-state index contributed by atoms with van der Waals surface area (Å²) in [5, 5.41) is 0. The zero-order valence-electron chi connectivity index (χ0n) is 14.5. The quantitative estimate of drug-likeness (QED) is 0.400. The highest BCUT2D eigenvalue weighted by molar-refractivity contribution is 5.31. The van der Waals surface area contributed by atoms with E-state index in [4.69, 9.17) is 4.74 Å². The second-order valence-electron chi connectivity index (χ2n) is 5.77. The summed E-state index contributed by atoms with van der Waals surface area (Å²) in [6.45, 7) is -1.51. The van der Waals surface area contributed by atoms with Gasteiger partial charge in [0.2, 0.25) is 0 Å². The first-order valence-corrected chi connectivity index (χ1v) is 7.49. The number of methoxy groups -OCH3 is 1. The Hall–Kier alpha value is -2.09. The third kappa shape index (κ3) is 4.19. The molecule has 15 heteroatoms. The van der Waals surface area contributed by atoms with Gasteiger partial charge in [-0.2, -0.15) is 57.1 Å². The lowest BCUT2D eigenvalue weighted by molar-refractivity contribution is -0.440. The number of benzene rings is 1. The van der Waals surface area contributed by atoms with Gasteiger partial charge in [0.05, 0.1) is 20.1 Å². The summed E-state index contributed by atoms with van der Waals surface area (Å²) < 4.78 is 177. The van der Waals surface area contributed by atoms with Crippen molar-refractivity contribution in [2.75, 3.05) is 13.7 Å². The van der Waals surface area contributed by atoms with Crippen LogP contribution in [0.2, 0.25) is 0 Å². The molecule has 0 fully saturated rings. The van der Waals surface area contributed by atoms with E-state index in [2.05, 4.69) is 4.74 Å². The van der Waals surface area contributed by atoms with Gasteiger partial charge >= 0.3 is 35.8 Å². The lowest BCUT2D eigenvalue weighted by atomic mass is 9.93. The Morgan fingerprint density at radius 1 is 0.600 bits per heavy atom. The third-order valence-corrected chi connectivity index (χ3v) is 3.74. The first kappa shape index (κ1) is 25.9. The summed E-state index contributed by atoms with van der Waals surface area (Å²) in [4.78, 5) is 0. The zero-order valence-corrected chi connectivity index (χ0v) is 14.5. The van der Waals surface area contributed by atoms with Crippen LogP contribution in [0.4, 0.5) is 57.1 Å². The van der Waals surface area contributed by atoms with E-state index in [1.54, 1.807) is 0 Å². The Bertz CT molecular complexity index is 710. The minimum atomic E-state index is -7.90. The van der Waals surface area contributed by atoms with Crippen LogP contribution in [0.15, 0.2) is 24.3 Å². The Balaban J connectivity index is 3.06. The van der Waals surface area contributed by atoms with Crippen molar-refractivity contribution in [3.63, 3.8) is 0 Å². The lowest BCUT2D eigenvalue weighted by Gasteiger charge is -2.39. The first-order valence-electron chi connectivity index (χ1n) is 7.49. The molecule has 30 heavy (non-hydrogen) atoms. The molecule has 1 aromatic rings. The molecule has 0 aliphatic rings. The largest absolute Gasteiger partial charge is 0.497 e. The van der Waals surface area contributed by atoms with E-state index in [0.717, 1.165) is 12.1 Å². The van der Waals surface area contributed by atoms with Gasteiger partial charge < -0.3 is 9.47 Å². The van der Waals surface area contributed by atoms with E-state index in [1.165, 1.54) is 19.2 Å². The number of hydrogen-bond acceptors (Lipinski definition) is 2. The van der Waals surface area contributed by atoms with Crippen LogP contribution in [0.25, 0.3) is 0 Å². The van der Waals surface area contributed by atoms with E-state index >= 15 is 0 Å². The number of ether oxygens (including phenoxy) is 2. The second kappa shape index (κ2) is 7.87. The van der Waals surface area contributed by atoms with Gasteiger partial charge in [0, 0.05) is 0 Å². The summed E-state index contributed by atoms with van der Waals surface area (Å²) >= 11 is 0. The van der Waals surface area contributed by atoms with E-state index in [0.29, 0.717) is 0 Å². The molecule has 0 radical (unpaired) electrons. The predicted octanol–water partition coefficient (Wildman–Crippen LogP) is 6.20. The smallest absolute Gasteiger partial charge is 0.460 e. The molecule has 0 saturated carbocycles. The molecule has 174 valence electrons. The number of hydrogen-bond donors (Lipinski definition) is 0. The number of halogens is 13. The molecule has 0 atom stereocenters. The summed E-state index contributed by atoms with van der Waals surface area (Å²) in [7, 11) is 1.25. The molecule has 2 nitrogen and oxygen atoms in total. The second-order valence-corrected chi connectivity index (χ2v) is 5.77. The van der Waals surface area contributed by atoms with Gasteiger partial charge in [0.25, 0.3) is 0 Å². The van der Waals surface area contributed by atoms with Crippen LogP contribution >= 0.6 is 0 Å². The van der Waals surface area contributed by atoms with Gasteiger partial charge in [-0.1, -0.05) is 0 Å². The van der Waals surface area contributed by atoms with Crippen molar-refractivity contribution in [1.82, 2.24) is 0 Å². The molecule has 0 saturated heterocycles. The Morgan fingerprint density at radius 2 is 1.00 bits per heavy atom. The average molecular weight is 470 g/mol. The molecular formula is C15H11F13O2. The summed E-state index contributed by atoms with van der Waals surface area (Å²) in [5.74, 6) is -36.9. The summed E-state index contributed by atoms with van der Waals surface area (Å²) in [6, 6.07) is 4.52. The molecule has 0 amide bonds. The van der Waals surface area contributed by atoms with Gasteiger partial charge in [0.15, 0.2) is 0 Å². The van der Waals surface area contributed by atoms with Crippen molar-refractivity contribution >= 4 is 0 Å². The van der Waals surface area contributed by atoms with Gasteiger partial charge in [-0.05, 0) is 24.3 Å². The van der Waals surface area contributed by atoms with Crippen molar-refractivity contribution in [2.45, 2.75) is 42.2 Å². The van der Waals surface area contributed by atoms with Crippen molar-refractivity contribution in [3.8, 4) is 11.5 Å². The van der Waals surface area contributed by atoms with Crippen LogP contribution in [-0.4, -0.2) is 49.5 Å². The molecule has 1 rings (SSSR count).